The number of aromatic nitrogens is 1. The zero-order valence-corrected chi connectivity index (χ0v) is 18.8. The molecule has 1 aliphatic rings. The lowest BCUT2D eigenvalue weighted by molar-refractivity contribution is -0.132. The Hall–Kier alpha value is -2.12. The first-order valence-corrected chi connectivity index (χ1v) is 11.9. The molecule has 4 nitrogen and oxygen atoms in total. The molecule has 1 aromatic heterocycles. The number of hydrogen-bond donors (Lipinski definition) is 0. The maximum Gasteiger partial charge on any atom is 0.274 e. The highest BCUT2D eigenvalue weighted by atomic mass is 32.2. The van der Waals surface area contributed by atoms with Gasteiger partial charge in [0.25, 0.3) is 5.19 Å². The first-order chi connectivity index (χ1) is 14.5. The molecule has 0 aliphatic carbocycles. The number of piperidine rings is 1. The van der Waals surface area contributed by atoms with Gasteiger partial charge in [0.2, 0.25) is 5.91 Å². The molecule has 7 heteroatoms. The molecule has 1 fully saturated rings. The second-order valence-corrected chi connectivity index (χ2v) is 10.4. The molecule has 0 bridgehead atoms. The van der Waals surface area contributed by atoms with E-state index in [1.165, 1.54) is 28.4 Å². The predicted molar refractivity (Wildman–Crippen MR) is 121 cm³/mol. The number of thioether (sulfide) groups is 1. The summed E-state index contributed by atoms with van der Waals surface area (Å²) in [5.41, 5.74) is 1.80. The van der Waals surface area contributed by atoms with E-state index in [1.807, 2.05) is 16.7 Å². The number of carbonyl (C=O) groups is 1. The van der Waals surface area contributed by atoms with Gasteiger partial charge in [-0.1, -0.05) is 37.3 Å². The van der Waals surface area contributed by atoms with E-state index in [-0.39, 0.29) is 17.8 Å². The largest absolute Gasteiger partial charge is 0.467 e. The summed E-state index contributed by atoms with van der Waals surface area (Å²) in [5.74, 6) is -0.106. The molecule has 4 rings (SSSR count). The van der Waals surface area contributed by atoms with Crippen LogP contribution >= 0.6 is 23.1 Å². The zero-order valence-electron chi connectivity index (χ0n) is 17.1. The highest BCUT2D eigenvalue weighted by Crippen LogP contribution is 2.30. The highest BCUT2D eigenvalue weighted by molar-refractivity contribution is 7.99. The number of thiazole rings is 1. The van der Waals surface area contributed by atoms with Crippen molar-refractivity contribution in [2.75, 3.05) is 13.1 Å². The van der Waals surface area contributed by atoms with Crippen molar-refractivity contribution >= 4 is 39.2 Å². The standard InChI is InChI=1S/C23H25FN2O2S2/c1-15(2)29-19-6-3-16(4-7-19)13-22(27)26-11-9-18(10-12-26)28-23-25-20-8-5-17(24)14-21(20)30-23/h3-8,14-15,18H,9-13H2,1-2H3. The summed E-state index contributed by atoms with van der Waals surface area (Å²) < 4.78 is 20.2. The van der Waals surface area contributed by atoms with Gasteiger partial charge in [0.1, 0.15) is 11.9 Å². The average molecular weight is 445 g/mol. The number of amides is 1. The van der Waals surface area contributed by atoms with Gasteiger partial charge in [-0.3, -0.25) is 4.79 Å². The molecule has 0 atom stereocenters. The van der Waals surface area contributed by atoms with Crippen molar-refractivity contribution in [3.63, 3.8) is 0 Å². The number of hydrogen-bond acceptors (Lipinski definition) is 5. The van der Waals surface area contributed by atoms with Gasteiger partial charge < -0.3 is 9.64 Å². The summed E-state index contributed by atoms with van der Waals surface area (Å²) in [6, 6.07) is 12.8. The molecule has 0 radical (unpaired) electrons. The van der Waals surface area contributed by atoms with Gasteiger partial charge in [0, 0.05) is 36.1 Å². The van der Waals surface area contributed by atoms with Gasteiger partial charge in [0.15, 0.2) is 0 Å². The van der Waals surface area contributed by atoms with Crippen molar-refractivity contribution in [3.05, 3.63) is 53.8 Å². The minimum atomic E-state index is -0.266. The number of ether oxygens (including phenoxy) is 1. The average Bonchev–Trinajstić information content (AvgIpc) is 3.11. The van der Waals surface area contributed by atoms with Crippen LogP contribution in [-0.4, -0.2) is 40.2 Å². The first kappa shape index (κ1) is 21.1. The van der Waals surface area contributed by atoms with Crippen molar-refractivity contribution in [3.8, 4) is 5.19 Å². The van der Waals surface area contributed by atoms with Gasteiger partial charge in [0.05, 0.1) is 16.6 Å². The Kier molecular flexibility index (Phi) is 6.58. The molecule has 0 N–H and O–H groups in total. The Labute approximate surface area is 184 Å². The van der Waals surface area contributed by atoms with Gasteiger partial charge in [-0.2, -0.15) is 0 Å². The van der Waals surface area contributed by atoms with E-state index in [0.717, 1.165) is 28.6 Å². The van der Waals surface area contributed by atoms with E-state index in [9.17, 15) is 9.18 Å². The second kappa shape index (κ2) is 9.35. The van der Waals surface area contributed by atoms with Gasteiger partial charge >= 0.3 is 0 Å². The van der Waals surface area contributed by atoms with Crippen LogP contribution in [0.5, 0.6) is 5.19 Å². The van der Waals surface area contributed by atoms with E-state index in [4.69, 9.17) is 4.74 Å². The minimum Gasteiger partial charge on any atom is -0.467 e. The number of benzene rings is 2. The summed E-state index contributed by atoms with van der Waals surface area (Å²) in [5, 5.41) is 1.12. The van der Waals surface area contributed by atoms with Crippen LogP contribution < -0.4 is 4.74 Å². The summed E-state index contributed by atoms with van der Waals surface area (Å²) >= 11 is 3.19. The Morgan fingerprint density at radius 3 is 2.67 bits per heavy atom. The molecule has 1 amide bonds. The monoisotopic (exact) mass is 444 g/mol. The Bertz CT molecular complexity index is 1010. The zero-order chi connectivity index (χ0) is 21.1. The van der Waals surface area contributed by atoms with Crippen LogP contribution in [-0.2, 0) is 11.2 Å². The van der Waals surface area contributed by atoms with Crippen LogP contribution in [0.2, 0.25) is 0 Å². The number of halogens is 1. The highest BCUT2D eigenvalue weighted by Gasteiger charge is 2.25. The van der Waals surface area contributed by atoms with Crippen LogP contribution in [0.4, 0.5) is 4.39 Å². The molecule has 3 aromatic rings. The van der Waals surface area contributed by atoms with Crippen LogP contribution in [0.3, 0.4) is 0 Å². The Morgan fingerprint density at radius 2 is 1.97 bits per heavy atom. The first-order valence-electron chi connectivity index (χ1n) is 10.2. The van der Waals surface area contributed by atoms with E-state index in [1.54, 1.807) is 6.07 Å². The van der Waals surface area contributed by atoms with Crippen molar-refractivity contribution in [1.82, 2.24) is 9.88 Å². The summed E-state index contributed by atoms with van der Waals surface area (Å²) in [6.45, 7) is 5.72. The number of nitrogens with zero attached hydrogens (tertiary/aromatic N) is 2. The van der Waals surface area contributed by atoms with Crippen LogP contribution in [0.15, 0.2) is 47.4 Å². The molecule has 158 valence electrons. The van der Waals surface area contributed by atoms with Gasteiger partial charge in [-0.15, -0.1) is 11.8 Å². The van der Waals surface area contributed by atoms with Crippen molar-refractivity contribution < 1.29 is 13.9 Å². The third kappa shape index (κ3) is 5.32. The van der Waals surface area contributed by atoms with E-state index in [0.29, 0.717) is 30.0 Å². The molecular weight excluding hydrogens is 419 g/mol. The quantitative estimate of drug-likeness (QED) is 0.468. The molecule has 1 aliphatic heterocycles. The normalized spacial score (nSPS) is 15.1. The lowest BCUT2D eigenvalue weighted by Crippen LogP contribution is -2.42. The fourth-order valence-electron chi connectivity index (χ4n) is 3.54. The smallest absolute Gasteiger partial charge is 0.274 e. The number of carbonyl (C=O) groups excluding carboxylic acids is 1. The predicted octanol–water partition coefficient (Wildman–Crippen LogP) is 5.55. The van der Waals surface area contributed by atoms with Crippen molar-refractivity contribution in [2.24, 2.45) is 0 Å². The Balaban J connectivity index is 1.27. The molecule has 0 unspecified atom stereocenters. The lowest BCUT2D eigenvalue weighted by atomic mass is 10.1. The van der Waals surface area contributed by atoms with Gasteiger partial charge in [-0.05, 0) is 35.9 Å². The molecule has 0 saturated carbocycles. The van der Waals surface area contributed by atoms with Crippen LogP contribution in [0.1, 0.15) is 32.3 Å². The number of likely N-dealkylation sites (tertiary alicyclic amines) is 1. The fourth-order valence-corrected chi connectivity index (χ4v) is 5.28. The van der Waals surface area contributed by atoms with Crippen molar-refractivity contribution in [1.29, 1.82) is 0 Å². The lowest BCUT2D eigenvalue weighted by Gasteiger charge is -2.31. The SMILES string of the molecule is CC(C)Sc1ccc(CC(=O)N2CCC(Oc3nc4ccc(F)cc4s3)CC2)cc1. The summed E-state index contributed by atoms with van der Waals surface area (Å²) in [6.07, 6.45) is 2.02. The van der Waals surface area contributed by atoms with Crippen LogP contribution in [0.25, 0.3) is 10.2 Å². The fraction of sp³-hybridized carbons (Fsp3) is 0.391. The Morgan fingerprint density at radius 1 is 1.23 bits per heavy atom. The topological polar surface area (TPSA) is 42.4 Å². The number of rotatable bonds is 6. The molecule has 2 heterocycles. The molecule has 0 spiro atoms. The number of fused-ring (bicyclic) bond motifs is 1. The summed E-state index contributed by atoms with van der Waals surface area (Å²) in [4.78, 5) is 20.3. The second-order valence-electron chi connectivity index (χ2n) is 7.78. The molecular formula is C23H25FN2O2S2. The minimum absolute atomic E-state index is 0.0341. The van der Waals surface area contributed by atoms with Gasteiger partial charge in [-0.25, -0.2) is 9.37 Å². The summed E-state index contributed by atoms with van der Waals surface area (Å²) in [7, 11) is 0. The maximum atomic E-state index is 13.3. The third-order valence-corrected chi connectivity index (χ3v) is 6.97. The van der Waals surface area contributed by atoms with Crippen molar-refractivity contribution in [2.45, 2.75) is 49.4 Å². The van der Waals surface area contributed by atoms with E-state index in [2.05, 4.69) is 43.1 Å². The van der Waals surface area contributed by atoms with Crippen LogP contribution in [0, 0.1) is 5.82 Å². The molecule has 30 heavy (non-hydrogen) atoms. The molecule has 2 aromatic carbocycles. The van der Waals surface area contributed by atoms with E-state index < -0.39 is 0 Å². The maximum absolute atomic E-state index is 13.3. The third-order valence-electron chi connectivity index (χ3n) is 5.04. The molecule has 1 saturated heterocycles. The van der Waals surface area contributed by atoms with E-state index >= 15 is 0 Å².